The van der Waals surface area contributed by atoms with Crippen LogP contribution >= 0.6 is 0 Å². The molecule has 0 aliphatic heterocycles. The maximum Gasteiger partial charge on any atom is 0.343 e. The molecule has 2 aromatic carbocycles. The number of ether oxygens (including phenoxy) is 1. The average molecular weight is 405 g/mol. The molecule has 0 saturated heterocycles. The Morgan fingerprint density at radius 1 is 0.933 bits per heavy atom. The van der Waals surface area contributed by atoms with E-state index >= 15 is 0 Å². The molecule has 2 heteroatoms. The van der Waals surface area contributed by atoms with Crippen LogP contribution in [0.4, 0.5) is 0 Å². The van der Waals surface area contributed by atoms with Crippen molar-refractivity contribution < 1.29 is 9.53 Å². The Labute approximate surface area is 182 Å². The summed E-state index contributed by atoms with van der Waals surface area (Å²) in [6, 6.07) is 15.8. The van der Waals surface area contributed by atoms with Crippen molar-refractivity contribution in [2.24, 2.45) is 5.92 Å². The number of carbonyl (C=O) groups is 1. The molecule has 0 N–H and O–H groups in total. The first-order valence-corrected chi connectivity index (χ1v) is 11.8. The van der Waals surface area contributed by atoms with E-state index < -0.39 is 0 Å². The van der Waals surface area contributed by atoms with Gasteiger partial charge in [0, 0.05) is 0 Å². The SMILES string of the molecule is CCCCCCCCc1ccc(OC(=O)c2ccc(C3=CCC(C)CC3)cc2)cc1. The number of unbranched alkanes of at least 4 members (excludes halogenated alkanes) is 5. The van der Waals surface area contributed by atoms with Crippen LogP contribution in [0.25, 0.3) is 5.57 Å². The molecular weight excluding hydrogens is 368 g/mol. The van der Waals surface area contributed by atoms with Gasteiger partial charge in [0.05, 0.1) is 5.56 Å². The second-order valence-corrected chi connectivity index (χ2v) is 8.74. The van der Waals surface area contributed by atoms with Crippen LogP contribution in [0.5, 0.6) is 5.75 Å². The number of hydrogen-bond donors (Lipinski definition) is 0. The third kappa shape index (κ3) is 6.86. The summed E-state index contributed by atoms with van der Waals surface area (Å²) in [5, 5.41) is 0. The first-order chi connectivity index (χ1) is 14.7. The summed E-state index contributed by atoms with van der Waals surface area (Å²) in [5.41, 5.74) is 4.52. The van der Waals surface area contributed by atoms with Gasteiger partial charge in [-0.25, -0.2) is 4.79 Å². The molecule has 30 heavy (non-hydrogen) atoms. The van der Waals surface area contributed by atoms with Gasteiger partial charge in [0.25, 0.3) is 0 Å². The first kappa shape index (κ1) is 22.3. The van der Waals surface area contributed by atoms with Crippen LogP contribution in [0, 0.1) is 5.92 Å². The summed E-state index contributed by atoms with van der Waals surface area (Å²) in [6.45, 7) is 4.55. The standard InChI is InChI=1S/C28H36O2/c1-3-4-5-6-7-8-9-23-12-20-27(21-13-23)30-28(29)26-18-16-25(17-19-26)24-14-10-22(2)11-15-24/h12-14,16-22H,3-11,15H2,1-2H3. The monoisotopic (exact) mass is 404 g/mol. The van der Waals surface area contributed by atoms with Crippen molar-refractivity contribution in [3.05, 3.63) is 71.3 Å². The topological polar surface area (TPSA) is 26.3 Å². The van der Waals surface area contributed by atoms with Crippen molar-refractivity contribution in [3.63, 3.8) is 0 Å². The largest absolute Gasteiger partial charge is 0.423 e. The number of hydrogen-bond acceptors (Lipinski definition) is 2. The normalized spacial score (nSPS) is 16.2. The van der Waals surface area contributed by atoms with Gasteiger partial charge in [-0.05, 0) is 79.0 Å². The molecule has 2 nitrogen and oxygen atoms in total. The fraction of sp³-hybridized carbons (Fsp3) is 0.464. The molecule has 0 saturated carbocycles. The van der Waals surface area contributed by atoms with Gasteiger partial charge in [0.15, 0.2) is 0 Å². The summed E-state index contributed by atoms with van der Waals surface area (Å²) >= 11 is 0. The predicted molar refractivity (Wildman–Crippen MR) is 126 cm³/mol. The molecule has 3 rings (SSSR count). The summed E-state index contributed by atoms with van der Waals surface area (Å²) in [5.74, 6) is 1.09. The molecule has 160 valence electrons. The van der Waals surface area contributed by atoms with Gasteiger partial charge in [-0.3, -0.25) is 0 Å². The fourth-order valence-electron chi connectivity index (χ4n) is 4.05. The van der Waals surface area contributed by atoms with E-state index in [1.807, 2.05) is 36.4 Å². The van der Waals surface area contributed by atoms with Gasteiger partial charge >= 0.3 is 5.97 Å². The maximum atomic E-state index is 12.5. The zero-order valence-electron chi connectivity index (χ0n) is 18.7. The smallest absolute Gasteiger partial charge is 0.343 e. The lowest BCUT2D eigenvalue weighted by atomic mass is 9.87. The van der Waals surface area contributed by atoms with Gasteiger partial charge in [-0.2, -0.15) is 0 Å². The Balaban J connectivity index is 1.47. The van der Waals surface area contributed by atoms with Crippen molar-refractivity contribution in [1.29, 1.82) is 0 Å². The highest BCUT2D eigenvalue weighted by Crippen LogP contribution is 2.30. The highest BCUT2D eigenvalue weighted by Gasteiger charge is 2.13. The van der Waals surface area contributed by atoms with Crippen LogP contribution in [0.15, 0.2) is 54.6 Å². The number of rotatable bonds is 10. The summed E-state index contributed by atoms with van der Waals surface area (Å²) in [6.07, 6.45) is 14.8. The first-order valence-electron chi connectivity index (χ1n) is 11.8. The predicted octanol–water partition coefficient (Wildman–Crippen LogP) is 8.01. The maximum absolute atomic E-state index is 12.5. The van der Waals surface area contributed by atoms with Crippen molar-refractivity contribution in [2.45, 2.75) is 78.1 Å². The van der Waals surface area contributed by atoms with Crippen molar-refractivity contribution in [3.8, 4) is 5.75 Å². The third-order valence-corrected chi connectivity index (χ3v) is 6.12. The van der Waals surface area contributed by atoms with E-state index in [1.165, 1.54) is 61.6 Å². The van der Waals surface area contributed by atoms with E-state index in [9.17, 15) is 4.79 Å². The van der Waals surface area contributed by atoms with Crippen molar-refractivity contribution in [2.75, 3.05) is 0 Å². The van der Waals surface area contributed by atoms with E-state index in [2.05, 4.69) is 32.1 Å². The molecule has 1 unspecified atom stereocenters. The number of aryl methyl sites for hydroxylation is 1. The van der Waals surface area contributed by atoms with Crippen LogP contribution < -0.4 is 4.74 Å². The zero-order chi connectivity index (χ0) is 21.2. The molecule has 0 radical (unpaired) electrons. The number of carbonyl (C=O) groups excluding carboxylic acids is 1. The van der Waals surface area contributed by atoms with E-state index in [-0.39, 0.29) is 5.97 Å². The van der Waals surface area contributed by atoms with Crippen LogP contribution in [-0.4, -0.2) is 5.97 Å². The molecule has 0 bridgehead atoms. The number of benzene rings is 2. The molecule has 1 atom stereocenters. The molecule has 0 aromatic heterocycles. The van der Waals surface area contributed by atoms with Gasteiger partial charge in [-0.15, -0.1) is 0 Å². The van der Waals surface area contributed by atoms with Crippen molar-refractivity contribution in [1.82, 2.24) is 0 Å². The minimum atomic E-state index is -0.295. The Kier molecular flexibility index (Phi) is 8.74. The second-order valence-electron chi connectivity index (χ2n) is 8.74. The van der Waals surface area contributed by atoms with E-state index in [4.69, 9.17) is 4.74 Å². The Morgan fingerprint density at radius 3 is 2.30 bits per heavy atom. The summed E-state index contributed by atoms with van der Waals surface area (Å²) in [4.78, 5) is 12.5. The van der Waals surface area contributed by atoms with Gasteiger partial charge < -0.3 is 4.74 Å². The number of allylic oxidation sites excluding steroid dienone is 2. The minimum absolute atomic E-state index is 0.295. The zero-order valence-corrected chi connectivity index (χ0v) is 18.7. The van der Waals surface area contributed by atoms with E-state index in [0.29, 0.717) is 11.3 Å². The van der Waals surface area contributed by atoms with Gasteiger partial charge in [0.1, 0.15) is 5.75 Å². The molecular formula is C28H36O2. The summed E-state index contributed by atoms with van der Waals surface area (Å²) in [7, 11) is 0. The molecule has 0 heterocycles. The molecule has 0 fully saturated rings. The molecule has 2 aromatic rings. The molecule has 0 amide bonds. The minimum Gasteiger partial charge on any atom is -0.423 e. The lowest BCUT2D eigenvalue weighted by Gasteiger charge is -2.18. The van der Waals surface area contributed by atoms with Crippen molar-refractivity contribution >= 4 is 11.5 Å². The van der Waals surface area contributed by atoms with Crippen LogP contribution in [0.1, 0.15) is 93.1 Å². The van der Waals surface area contributed by atoms with Crippen LogP contribution in [0.3, 0.4) is 0 Å². The Hall–Kier alpha value is -2.35. The number of esters is 1. The van der Waals surface area contributed by atoms with Gasteiger partial charge in [-0.1, -0.05) is 76.3 Å². The third-order valence-electron chi connectivity index (χ3n) is 6.12. The highest BCUT2D eigenvalue weighted by atomic mass is 16.5. The van der Waals surface area contributed by atoms with E-state index in [1.54, 1.807) is 0 Å². The lowest BCUT2D eigenvalue weighted by Crippen LogP contribution is -2.08. The summed E-state index contributed by atoms with van der Waals surface area (Å²) < 4.78 is 5.57. The Bertz CT molecular complexity index is 815. The molecule has 1 aliphatic carbocycles. The van der Waals surface area contributed by atoms with E-state index in [0.717, 1.165) is 25.2 Å². The molecule has 0 spiro atoms. The second kappa shape index (κ2) is 11.7. The average Bonchev–Trinajstić information content (AvgIpc) is 2.78. The highest BCUT2D eigenvalue weighted by molar-refractivity contribution is 5.91. The van der Waals surface area contributed by atoms with Gasteiger partial charge in [0.2, 0.25) is 0 Å². The fourth-order valence-corrected chi connectivity index (χ4v) is 4.05. The lowest BCUT2D eigenvalue weighted by molar-refractivity contribution is 0.0734. The van der Waals surface area contributed by atoms with Crippen LogP contribution in [0.2, 0.25) is 0 Å². The quantitative estimate of drug-likeness (QED) is 0.228. The van der Waals surface area contributed by atoms with Crippen LogP contribution in [-0.2, 0) is 6.42 Å². The Morgan fingerprint density at radius 2 is 1.63 bits per heavy atom. The molecule has 1 aliphatic rings.